The van der Waals surface area contributed by atoms with Gasteiger partial charge in [-0.3, -0.25) is 0 Å². The van der Waals surface area contributed by atoms with E-state index in [1.54, 1.807) is 11.1 Å². The minimum atomic E-state index is -0.111. The smallest absolute Gasteiger partial charge is 0.0540 e. The molecule has 1 heteroatoms. The summed E-state index contributed by atoms with van der Waals surface area (Å²) in [6, 6.07) is 68.3. The summed E-state index contributed by atoms with van der Waals surface area (Å²) < 4.78 is 0. The number of fused-ring (bicyclic) bond motifs is 6. The minimum Gasteiger partial charge on any atom is -0.310 e. The lowest BCUT2D eigenvalue weighted by Crippen LogP contribution is -2.55. The van der Waals surface area contributed by atoms with Crippen molar-refractivity contribution in [1.82, 2.24) is 0 Å². The number of anilines is 3. The first-order valence-corrected chi connectivity index (χ1v) is 26.4. The predicted octanol–water partition coefficient (Wildman–Crippen LogP) is 18.8. The fourth-order valence-corrected chi connectivity index (χ4v) is 15.1. The molecule has 6 aliphatic rings. The van der Waals surface area contributed by atoms with E-state index in [-0.39, 0.29) is 21.7 Å². The largest absolute Gasteiger partial charge is 0.310 e. The van der Waals surface area contributed by atoms with Crippen molar-refractivity contribution in [2.45, 2.75) is 109 Å². The van der Waals surface area contributed by atoms with Crippen molar-refractivity contribution in [1.29, 1.82) is 0 Å². The third kappa shape index (κ3) is 6.49. The summed E-state index contributed by atoms with van der Waals surface area (Å²) in [6.45, 7) is 18.9. The average Bonchev–Trinajstić information content (AvgIpc) is 3.78. The first-order valence-electron chi connectivity index (χ1n) is 26.4. The standard InChI is InChI=1S/C69H67N/c1-66(2,3)47-39-46(40-48(41-47)67(4,5)6)54-19-13-16-27-64(54)70(52-32-33-58-56-21-12-15-26-62(56)69(63(58)42-52)49-35-43-34-44(37-49)38-50(69)36-43)51-30-28-45(29-31-51)53-18-9-10-20-55(53)59-23-17-24-60-57-22-11-14-25-61(57)68(7,8)65(59)60/h9-33,39-44,49-50H,34-38H2,1-8H3. The summed E-state index contributed by atoms with van der Waals surface area (Å²) in [6.07, 6.45) is 6.94. The van der Waals surface area contributed by atoms with Gasteiger partial charge in [-0.25, -0.2) is 0 Å². The fourth-order valence-electron chi connectivity index (χ4n) is 15.1. The molecule has 8 aromatic rings. The molecule has 1 nitrogen and oxygen atoms in total. The molecule has 0 aromatic heterocycles. The van der Waals surface area contributed by atoms with E-state index in [0.29, 0.717) is 11.8 Å². The van der Waals surface area contributed by atoms with Crippen molar-refractivity contribution in [3.8, 4) is 55.6 Å². The van der Waals surface area contributed by atoms with E-state index in [1.807, 2.05) is 0 Å². The highest BCUT2D eigenvalue weighted by Gasteiger charge is 2.61. The normalized spacial score (nSPS) is 22.2. The Bertz CT molecular complexity index is 3320. The molecule has 8 aromatic carbocycles. The summed E-state index contributed by atoms with van der Waals surface area (Å²) >= 11 is 0. The van der Waals surface area contributed by atoms with Gasteiger partial charge in [0.2, 0.25) is 0 Å². The maximum atomic E-state index is 2.67. The maximum Gasteiger partial charge on any atom is 0.0540 e. The van der Waals surface area contributed by atoms with Crippen LogP contribution in [0.25, 0.3) is 55.6 Å². The van der Waals surface area contributed by atoms with Gasteiger partial charge in [-0.05, 0) is 180 Å². The van der Waals surface area contributed by atoms with Gasteiger partial charge < -0.3 is 4.90 Å². The van der Waals surface area contributed by atoms with Crippen LogP contribution in [0.1, 0.15) is 121 Å². The predicted molar refractivity (Wildman–Crippen MR) is 296 cm³/mol. The Morgan fingerprint density at radius 2 is 0.871 bits per heavy atom. The summed E-state index contributed by atoms with van der Waals surface area (Å²) in [5, 5.41) is 0. The molecule has 0 radical (unpaired) electrons. The lowest BCUT2D eigenvalue weighted by Gasteiger charge is -2.61. The number of benzene rings is 8. The van der Waals surface area contributed by atoms with Crippen LogP contribution in [0.5, 0.6) is 0 Å². The Morgan fingerprint density at radius 3 is 1.50 bits per heavy atom. The topological polar surface area (TPSA) is 3.24 Å². The van der Waals surface area contributed by atoms with Crippen LogP contribution in [0, 0.1) is 23.7 Å². The van der Waals surface area contributed by atoms with Crippen molar-refractivity contribution in [3.63, 3.8) is 0 Å². The van der Waals surface area contributed by atoms with Crippen LogP contribution in [-0.4, -0.2) is 0 Å². The molecule has 0 aliphatic heterocycles. The second kappa shape index (κ2) is 15.5. The summed E-state index contributed by atoms with van der Waals surface area (Å²) in [5.41, 5.74) is 25.6. The Kier molecular flexibility index (Phi) is 9.67. The monoisotopic (exact) mass is 910 g/mol. The van der Waals surface area contributed by atoms with E-state index >= 15 is 0 Å². The lowest BCUT2D eigenvalue weighted by molar-refractivity contribution is -0.0399. The number of para-hydroxylation sites is 1. The highest BCUT2D eigenvalue weighted by atomic mass is 15.1. The highest BCUT2D eigenvalue weighted by molar-refractivity contribution is 5.95. The number of hydrogen-bond donors (Lipinski definition) is 0. The van der Waals surface area contributed by atoms with Gasteiger partial charge in [0.25, 0.3) is 0 Å². The zero-order valence-electron chi connectivity index (χ0n) is 42.5. The van der Waals surface area contributed by atoms with Gasteiger partial charge >= 0.3 is 0 Å². The Labute approximate surface area is 417 Å². The van der Waals surface area contributed by atoms with Crippen molar-refractivity contribution in [2.24, 2.45) is 23.7 Å². The molecule has 6 aliphatic carbocycles. The van der Waals surface area contributed by atoms with E-state index in [2.05, 4.69) is 236 Å². The van der Waals surface area contributed by atoms with Gasteiger partial charge in [0.15, 0.2) is 0 Å². The second-order valence-corrected chi connectivity index (χ2v) is 24.6. The number of rotatable bonds is 6. The minimum absolute atomic E-state index is 0.00170. The third-order valence-electron chi connectivity index (χ3n) is 18.2. The van der Waals surface area contributed by atoms with Crippen LogP contribution in [-0.2, 0) is 21.7 Å². The van der Waals surface area contributed by atoms with Gasteiger partial charge in [0.1, 0.15) is 0 Å². The van der Waals surface area contributed by atoms with Crippen LogP contribution in [0.3, 0.4) is 0 Å². The van der Waals surface area contributed by atoms with Crippen LogP contribution in [0.2, 0.25) is 0 Å². The van der Waals surface area contributed by atoms with Crippen LogP contribution < -0.4 is 4.90 Å². The van der Waals surface area contributed by atoms with E-state index in [4.69, 9.17) is 0 Å². The molecule has 0 amide bonds. The Hall–Kier alpha value is -6.44. The molecular weight excluding hydrogens is 843 g/mol. The zero-order valence-corrected chi connectivity index (χ0v) is 42.5. The molecule has 4 fully saturated rings. The molecule has 0 atom stereocenters. The fraction of sp³-hybridized carbons (Fsp3) is 0.304. The zero-order chi connectivity index (χ0) is 47.9. The quantitative estimate of drug-likeness (QED) is 0.161. The summed E-state index contributed by atoms with van der Waals surface area (Å²) in [4.78, 5) is 2.60. The van der Waals surface area contributed by atoms with Crippen LogP contribution in [0.15, 0.2) is 176 Å². The molecular formula is C69H67N. The van der Waals surface area contributed by atoms with Gasteiger partial charge in [-0.1, -0.05) is 201 Å². The van der Waals surface area contributed by atoms with E-state index in [0.717, 1.165) is 11.8 Å². The molecule has 348 valence electrons. The summed E-state index contributed by atoms with van der Waals surface area (Å²) in [5.74, 6) is 3.19. The molecule has 14 rings (SSSR count). The van der Waals surface area contributed by atoms with Crippen LogP contribution >= 0.6 is 0 Å². The Morgan fingerprint density at radius 1 is 0.386 bits per heavy atom. The van der Waals surface area contributed by atoms with Crippen molar-refractivity contribution < 1.29 is 0 Å². The molecule has 0 unspecified atom stereocenters. The molecule has 70 heavy (non-hydrogen) atoms. The van der Waals surface area contributed by atoms with E-state index in [9.17, 15) is 0 Å². The lowest BCUT2D eigenvalue weighted by atomic mass is 9.43. The maximum absolute atomic E-state index is 2.67. The summed E-state index contributed by atoms with van der Waals surface area (Å²) in [7, 11) is 0. The SMILES string of the molecule is CC(C)(C)c1cc(-c2ccccc2N(c2ccc(-c3ccccc3-c3cccc4c3C(C)(C)c3ccccc3-4)cc2)c2ccc3c(c2)C2(c4ccccc4-3)C3CC4CC(C3)CC2C4)cc(C(C)(C)C)c1. The number of nitrogens with zero attached hydrogens (tertiary/aromatic N) is 1. The van der Waals surface area contributed by atoms with Gasteiger partial charge in [0, 0.05) is 27.8 Å². The van der Waals surface area contributed by atoms with E-state index < -0.39 is 0 Å². The Balaban J connectivity index is 0.990. The van der Waals surface area contributed by atoms with Gasteiger partial charge in [-0.2, -0.15) is 0 Å². The molecule has 0 heterocycles. The first kappa shape index (κ1) is 43.6. The molecule has 1 spiro atoms. The molecule has 4 saturated carbocycles. The molecule has 4 bridgehead atoms. The van der Waals surface area contributed by atoms with Gasteiger partial charge in [0.05, 0.1) is 5.69 Å². The van der Waals surface area contributed by atoms with Gasteiger partial charge in [-0.15, -0.1) is 0 Å². The van der Waals surface area contributed by atoms with E-state index in [1.165, 1.54) is 127 Å². The number of hydrogen-bond acceptors (Lipinski definition) is 1. The van der Waals surface area contributed by atoms with Crippen LogP contribution in [0.4, 0.5) is 17.1 Å². The molecule has 0 saturated heterocycles. The highest BCUT2D eigenvalue weighted by Crippen LogP contribution is 2.70. The van der Waals surface area contributed by atoms with Crippen molar-refractivity contribution in [2.75, 3.05) is 4.90 Å². The average molecular weight is 910 g/mol. The molecule has 0 N–H and O–H groups in total. The third-order valence-corrected chi connectivity index (χ3v) is 18.2. The van der Waals surface area contributed by atoms with Crippen molar-refractivity contribution >= 4 is 17.1 Å². The first-order chi connectivity index (χ1) is 33.7. The second-order valence-electron chi connectivity index (χ2n) is 24.6. The van der Waals surface area contributed by atoms with Crippen molar-refractivity contribution in [3.05, 3.63) is 209 Å².